The van der Waals surface area contributed by atoms with Gasteiger partial charge in [0.15, 0.2) is 4.67 Å². The van der Waals surface area contributed by atoms with E-state index in [9.17, 15) is 9.59 Å². The fourth-order valence-corrected chi connectivity index (χ4v) is 2.88. The summed E-state index contributed by atoms with van der Waals surface area (Å²) in [5.41, 5.74) is 2.71. The Balaban J connectivity index is 2.03. The Labute approximate surface area is 172 Å². The van der Waals surface area contributed by atoms with Crippen molar-refractivity contribution < 1.29 is 14.0 Å². The van der Waals surface area contributed by atoms with Gasteiger partial charge in [-0.25, -0.2) is 5.43 Å². The molecule has 0 aliphatic carbocycles. The highest BCUT2D eigenvalue weighted by Crippen LogP contribution is 2.25. The summed E-state index contributed by atoms with van der Waals surface area (Å²) in [6, 6.07) is 7.56. The minimum atomic E-state index is -0.772. The SMILES string of the molecule is CC(C)C(NC(=O)c1ccccc1Cl)C(=O)N/N=C\c1cc(Br)c(Br)o1. The smallest absolute Gasteiger partial charge is 0.262 e. The van der Waals surface area contributed by atoms with E-state index in [2.05, 4.69) is 47.7 Å². The van der Waals surface area contributed by atoms with E-state index in [-0.39, 0.29) is 5.92 Å². The van der Waals surface area contributed by atoms with Crippen molar-refractivity contribution in [1.29, 1.82) is 0 Å². The number of benzene rings is 1. The molecule has 9 heteroatoms. The standard InChI is InChI=1S/C17H16Br2ClN3O3/c1-9(2)14(22-16(24)11-5-3-4-6-13(11)20)17(25)23-21-8-10-7-12(18)15(19)26-10/h3-9,14H,1-2H3,(H,22,24)(H,23,25)/b21-8-. The number of carbonyl (C=O) groups is 2. The second-order valence-corrected chi connectivity index (χ2v) is 7.66. The topological polar surface area (TPSA) is 83.7 Å². The van der Waals surface area contributed by atoms with Crippen molar-refractivity contribution in [3.8, 4) is 0 Å². The van der Waals surface area contributed by atoms with Crippen molar-refractivity contribution in [3.05, 3.63) is 55.8 Å². The molecule has 0 spiro atoms. The van der Waals surface area contributed by atoms with Crippen molar-refractivity contribution in [2.75, 3.05) is 0 Å². The molecule has 0 radical (unpaired) electrons. The molecule has 1 aromatic carbocycles. The van der Waals surface area contributed by atoms with Gasteiger partial charge >= 0.3 is 0 Å². The molecule has 0 saturated carbocycles. The Kier molecular flexibility index (Phi) is 7.43. The van der Waals surface area contributed by atoms with E-state index in [1.54, 1.807) is 30.3 Å². The molecule has 6 nitrogen and oxygen atoms in total. The van der Waals surface area contributed by atoms with Gasteiger partial charge in [-0.2, -0.15) is 5.10 Å². The largest absolute Gasteiger partial charge is 0.447 e. The Morgan fingerprint density at radius 1 is 1.27 bits per heavy atom. The first kappa shape index (κ1) is 20.7. The average molecular weight is 506 g/mol. The molecule has 138 valence electrons. The van der Waals surface area contributed by atoms with Crippen LogP contribution in [0.15, 0.2) is 49.0 Å². The minimum absolute atomic E-state index is 0.150. The van der Waals surface area contributed by atoms with Gasteiger partial charge in [-0.05, 0) is 49.9 Å². The minimum Gasteiger partial charge on any atom is -0.447 e. The van der Waals surface area contributed by atoms with Gasteiger partial charge < -0.3 is 9.73 Å². The van der Waals surface area contributed by atoms with Crippen LogP contribution in [0.3, 0.4) is 0 Å². The number of hydrazone groups is 1. The maximum atomic E-state index is 12.4. The lowest BCUT2D eigenvalue weighted by Crippen LogP contribution is -2.48. The Morgan fingerprint density at radius 2 is 1.96 bits per heavy atom. The number of nitrogens with one attached hydrogen (secondary N) is 2. The number of amides is 2. The van der Waals surface area contributed by atoms with Gasteiger partial charge in [-0.1, -0.05) is 37.6 Å². The van der Waals surface area contributed by atoms with Gasteiger partial charge in [0.1, 0.15) is 11.8 Å². The van der Waals surface area contributed by atoms with Crippen molar-refractivity contribution in [1.82, 2.24) is 10.7 Å². The summed E-state index contributed by atoms with van der Waals surface area (Å²) in [5, 5.41) is 6.87. The maximum absolute atomic E-state index is 12.4. The van der Waals surface area contributed by atoms with Gasteiger partial charge in [-0.3, -0.25) is 9.59 Å². The molecule has 0 fully saturated rings. The lowest BCUT2D eigenvalue weighted by Gasteiger charge is -2.20. The van der Waals surface area contributed by atoms with E-state index in [1.165, 1.54) is 6.21 Å². The highest BCUT2D eigenvalue weighted by atomic mass is 79.9. The van der Waals surface area contributed by atoms with Crippen LogP contribution in [-0.4, -0.2) is 24.1 Å². The number of rotatable bonds is 6. The van der Waals surface area contributed by atoms with Crippen LogP contribution in [0, 0.1) is 5.92 Å². The first-order chi connectivity index (χ1) is 12.3. The molecule has 26 heavy (non-hydrogen) atoms. The Morgan fingerprint density at radius 3 is 2.54 bits per heavy atom. The Hall–Kier alpha value is -1.64. The highest BCUT2D eigenvalue weighted by Gasteiger charge is 2.25. The molecule has 1 aromatic heterocycles. The lowest BCUT2D eigenvalue weighted by molar-refractivity contribution is -0.123. The second kappa shape index (κ2) is 9.34. The van der Waals surface area contributed by atoms with Crippen LogP contribution in [0.2, 0.25) is 5.02 Å². The summed E-state index contributed by atoms with van der Waals surface area (Å²) in [5.74, 6) is -0.567. The van der Waals surface area contributed by atoms with Crippen LogP contribution >= 0.6 is 43.5 Å². The fourth-order valence-electron chi connectivity index (χ4n) is 2.06. The number of halogens is 3. The summed E-state index contributed by atoms with van der Waals surface area (Å²) in [4.78, 5) is 24.8. The fraction of sp³-hybridized carbons (Fsp3) is 0.235. The molecule has 2 amide bonds. The van der Waals surface area contributed by atoms with Gasteiger partial charge in [0, 0.05) is 6.07 Å². The average Bonchev–Trinajstić information content (AvgIpc) is 2.90. The third-order valence-corrected chi connectivity index (χ3v) is 5.42. The molecule has 2 aromatic rings. The zero-order valence-electron chi connectivity index (χ0n) is 13.9. The van der Waals surface area contributed by atoms with E-state index >= 15 is 0 Å². The number of carbonyl (C=O) groups excluding carboxylic acids is 2. The lowest BCUT2D eigenvalue weighted by atomic mass is 10.0. The van der Waals surface area contributed by atoms with Crippen molar-refractivity contribution in [2.45, 2.75) is 19.9 Å². The molecule has 0 aliphatic heterocycles. The molecule has 1 atom stereocenters. The molecule has 0 bridgehead atoms. The van der Waals surface area contributed by atoms with E-state index in [4.69, 9.17) is 16.0 Å². The van der Waals surface area contributed by atoms with Crippen molar-refractivity contribution in [2.24, 2.45) is 11.0 Å². The molecule has 0 aliphatic rings. The molecular formula is C17H16Br2ClN3O3. The number of nitrogens with zero attached hydrogens (tertiary/aromatic N) is 1. The van der Waals surface area contributed by atoms with E-state index in [0.29, 0.717) is 21.0 Å². The summed E-state index contributed by atoms with van der Waals surface area (Å²) < 4.78 is 6.58. The summed E-state index contributed by atoms with van der Waals surface area (Å²) in [6.07, 6.45) is 1.36. The summed E-state index contributed by atoms with van der Waals surface area (Å²) in [7, 11) is 0. The second-order valence-electron chi connectivity index (χ2n) is 5.68. The number of hydrogen-bond donors (Lipinski definition) is 2. The zero-order chi connectivity index (χ0) is 19.3. The maximum Gasteiger partial charge on any atom is 0.262 e. The normalized spacial score (nSPS) is 12.4. The first-order valence-electron chi connectivity index (χ1n) is 7.62. The van der Waals surface area contributed by atoms with Crippen molar-refractivity contribution >= 4 is 61.5 Å². The van der Waals surface area contributed by atoms with Crippen LogP contribution in [0.1, 0.15) is 30.0 Å². The predicted octanol–water partition coefficient (Wildman–Crippen LogP) is 4.36. The third kappa shape index (κ3) is 5.43. The van der Waals surface area contributed by atoms with E-state index < -0.39 is 17.9 Å². The molecule has 2 N–H and O–H groups in total. The molecule has 1 heterocycles. The number of furan rings is 1. The van der Waals surface area contributed by atoms with Crippen LogP contribution < -0.4 is 10.7 Å². The third-order valence-electron chi connectivity index (χ3n) is 3.38. The van der Waals surface area contributed by atoms with Gasteiger partial charge in [0.25, 0.3) is 11.8 Å². The molecule has 2 rings (SSSR count). The Bertz CT molecular complexity index is 817. The van der Waals surface area contributed by atoms with Crippen LogP contribution in [0.25, 0.3) is 0 Å². The van der Waals surface area contributed by atoms with Crippen LogP contribution in [0.4, 0.5) is 0 Å². The van der Waals surface area contributed by atoms with Gasteiger partial charge in [0.2, 0.25) is 0 Å². The molecular weight excluding hydrogens is 489 g/mol. The van der Waals surface area contributed by atoms with Crippen LogP contribution in [-0.2, 0) is 4.79 Å². The number of hydrogen-bond acceptors (Lipinski definition) is 4. The van der Waals surface area contributed by atoms with Crippen LogP contribution in [0.5, 0.6) is 0 Å². The zero-order valence-corrected chi connectivity index (χ0v) is 17.9. The van der Waals surface area contributed by atoms with E-state index in [1.807, 2.05) is 13.8 Å². The predicted molar refractivity (Wildman–Crippen MR) is 107 cm³/mol. The summed E-state index contributed by atoms with van der Waals surface area (Å²) >= 11 is 12.5. The monoisotopic (exact) mass is 503 g/mol. The van der Waals surface area contributed by atoms with Crippen molar-refractivity contribution in [3.63, 3.8) is 0 Å². The highest BCUT2D eigenvalue weighted by molar-refractivity contribution is 9.13. The summed E-state index contributed by atoms with van der Waals surface area (Å²) in [6.45, 7) is 3.64. The molecule has 1 unspecified atom stereocenters. The quantitative estimate of drug-likeness (QED) is 0.452. The molecule has 0 saturated heterocycles. The first-order valence-corrected chi connectivity index (χ1v) is 9.59. The van der Waals surface area contributed by atoms with E-state index in [0.717, 1.165) is 4.47 Å². The van der Waals surface area contributed by atoms with Gasteiger partial charge in [0.05, 0.1) is 21.3 Å². The van der Waals surface area contributed by atoms with Gasteiger partial charge in [-0.15, -0.1) is 0 Å².